The van der Waals surface area contributed by atoms with Crippen molar-refractivity contribution in [1.82, 2.24) is 9.55 Å². The van der Waals surface area contributed by atoms with Crippen molar-refractivity contribution in [2.45, 2.75) is 105 Å². The standard InChI is InChI=1S/C44H55N3O4/c1-8-33(44(49)50)26-41-30(6)42(38-16-11-10-14-29(38)5)43(47(41)27-36(48)24-32-15-12-13-22-51-23-21-32)35-18-19-39-34(25-35)17-20-40(46-39)37(9-2)31(7)45-28(3)4/h8-9,17-20,25-26,29,32,38H,1-2,10-16,21-24,27H2,3-7H3,(H,49,50)/b33-26+,37-31+. The molecule has 2 fully saturated rings. The van der Waals surface area contributed by atoms with E-state index >= 15 is 0 Å². The van der Waals surface area contributed by atoms with Crippen LogP contribution in [0.5, 0.6) is 0 Å². The molecule has 0 bridgehead atoms. The summed E-state index contributed by atoms with van der Waals surface area (Å²) >= 11 is 0. The highest BCUT2D eigenvalue weighted by molar-refractivity contribution is 5.96. The van der Waals surface area contributed by atoms with Crippen molar-refractivity contribution >= 4 is 40.0 Å². The number of ketones is 1. The molecule has 1 saturated heterocycles. The van der Waals surface area contributed by atoms with Crippen LogP contribution < -0.4 is 0 Å². The number of aliphatic imine (C=N–C) groups is 1. The molecule has 1 aliphatic heterocycles. The van der Waals surface area contributed by atoms with E-state index in [-0.39, 0.29) is 23.8 Å². The summed E-state index contributed by atoms with van der Waals surface area (Å²) in [6.45, 7) is 19.8. The number of pyridine rings is 1. The van der Waals surface area contributed by atoms with Crippen molar-refractivity contribution in [1.29, 1.82) is 0 Å². The van der Waals surface area contributed by atoms with E-state index in [1.54, 1.807) is 6.08 Å². The van der Waals surface area contributed by atoms with Gasteiger partial charge in [-0.3, -0.25) is 9.79 Å². The minimum absolute atomic E-state index is 0.107. The Hall–Kier alpha value is -4.36. The van der Waals surface area contributed by atoms with Gasteiger partial charge >= 0.3 is 5.97 Å². The van der Waals surface area contributed by atoms with E-state index in [2.05, 4.69) is 60.8 Å². The van der Waals surface area contributed by atoms with Gasteiger partial charge in [0.1, 0.15) is 0 Å². The van der Waals surface area contributed by atoms with Gasteiger partial charge in [-0.15, -0.1) is 0 Å². The van der Waals surface area contributed by atoms with Crippen molar-refractivity contribution in [2.24, 2.45) is 16.8 Å². The van der Waals surface area contributed by atoms with E-state index in [1.165, 1.54) is 18.1 Å². The summed E-state index contributed by atoms with van der Waals surface area (Å²) in [7, 11) is 0. The molecule has 2 aliphatic rings. The molecule has 0 radical (unpaired) electrons. The van der Waals surface area contributed by atoms with Crippen molar-refractivity contribution in [3.05, 3.63) is 89.4 Å². The Morgan fingerprint density at radius 2 is 1.76 bits per heavy atom. The summed E-state index contributed by atoms with van der Waals surface area (Å²) in [5.41, 5.74) is 9.52. The number of hydrogen-bond donors (Lipinski definition) is 1. The Kier molecular flexibility index (Phi) is 12.8. The van der Waals surface area contributed by atoms with Gasteiger partial charge in [-0.2, -0.15) is 0 Å². The molecule has 1 N–H and O–H groups in total. The van der Waals surface area contributed by atoms with Gasteiger partial charge in [0.2, 0.25) is 0 Å². The zero-order valence-electron chi connectivity index (χ0n) is 31.3. The zero-order chi connectivity index (χ0) is 36.7. The maximum atomic E-state index is 14.1. The molecule has 3 atom stereocenters. The number of fused-ring (bicyclic) bond motifs is 1. The monoisotopic (exact) mass is 689 g/mol. The van der Waals surface area contributed by atoms with E-state index in [1.807, 2.05) is 32.9 Å². The summed E-state index contributed by atoms with van der Waals surface area (Å²) in [5, 5.41) is 11.1. The van der Waals surface area contributed by atoms with E-state index in [0.717, 1.165) is 108 Å². The van der Waals surface area contributed by atoms with E-state index in [9.17, 15) is 14.7 Å². The molecule has 2 aromatic heterocycles. The number of allylic oxidation sites excluding steroid dienone is 3. The molecule has 3 unspecified atom stereocenters. The summed E-state index contributed by atoms with van der Waals surface area (Å²) in [5.74, 6) is 0.144. The van der Waals surface area contributed by atoms with Gasteiger partial charge in [-0.05, 0) is 112 Å². The van der Waals surface area contributed by atoms with Gasteiger partial charge in [-0.1, -0.05) is 70.0 Å². The highest BCUT2D eigenvalue weighted by atomic mass is 16.5. The lowest BCUT2D eigenvalue weighted by molar-refractivity contribution is -0.132. The van der Waals surface area contributed by atoms with Crippen LogP contribution >= 0.6 is 0 Å². The second-order valence-corrected chi connectivity index (χ2v) is 14.7. The fourth-order valence-electron chi connectivity index (χ4n) is 8.16. The number of carboxylic acid groups (broad SMARTS) is 1. The van der Waals surface area contributed by atoms with Crippen LogP contribution in [0, 0.1) is 18.8 Å². The quantitative estimate of drug-likeness (QED) is 0.116. The van der Waals surface area contributed by atoms with Crippen molar-refractivity contribution in [3.63, 3.8) is 0 Å². The van der Waals surface area contributed by atoms with Gasteiger partial charge in [0.25, 0.3) is 0 Å². The molecular weight excluding hydrogens is 635 g/mol. The van der Waals surface area contributed by atoms with E-state index in [0.29, 0.717) is 24.9 Å². The summed E-state index contributed by atoms with van der Waals surface area (Å²) in [6, 6.07) is 10.4. The predicted octanol–water partition coefficient (Wildman–Crippen LogP) is 10.5. The number of aliphatic carboxylic acids is 1. The second kappa shape index (κ2) is 17.2. The molecule has 270 valence electrons. The van der Waals surface area contributed by atoms with Crippen LogP contribution in [0.25, 0.3) is 33.8 Å². The first-order valence-electron chi connectivity index (χ1n) is 18.7. The number of carboxylic acids is 1. The van der Waals surface area contributed by atoms with Gasteiger partial charge in [0, 0.05) is 47.7 Å². The van der Waals surface area contributed by atoms with E-state index in [4.69, 9.17) is 9.72 Å². The lowest BCUT2D eigenvalue weighted by Crippen LogP contribution is -2.19. The molecule has 51 heavy (non-hydrogen) atoms. The molecule has 1 aromatic carbocycles. The smallest absolute Gasteiger partial charge is 0.335 e. The van der Waals surface area contributed by atoms with Crippen molar-refractivity contribution < 1.29 is 19.4 Å². The van der Waals surface area contributed by atoms with Crippen LogP contribution in [0.3, 0.4) is 0 Å². The molecule has 1 aliphatic carbocycles. The third kappa shape index (κ3) is 8.93. The maximum absolute atomic E-state index is 14.1. The highest BCUT2D eigenvalue weighted by Gasteiger charge is 2.32. The largest absolute Gasteiger partial charge is 0.478 e. The van der Waals surface area contributed by atoms with Crippen LogP contribution in [0.2, 0.25) is 0 Å². The number of carbonyl (C=O) groups is 2. The Morgan fingerprint density at radius 1 is 1.00 bits per heavy atom. The molecular formula is C44H55N3O4. The third-order valence-corrected chi connectivity index (χ3v) is 10.7. The Morgan fingerprint density at radius 3 is 2.47 bits per heavy atom. The molecule has 5 rings (SSSR count). The molecule has 1 saturated carbocycles. The SMILES string of the molecule is C=C/C(=C\c1c(C)c(C2CCCCC2C)c(-c2ccc3nc(/C(C=C)=C(\C)N=C(C)C)ccc3c2)n1CC(=O)CC1CCCCOCC1)C(=O)O. The van der Waals surface area contributed by atoms with Crippen molar-refractivity contribution in [3.8, 4) is 11.3 Å². The van der Waals surface area contributed by atoms with Crippen LogP contribution in [-0.2, 0) is 20.9 Å². The number of Topliss-reactive ketones (excluding diaryl/α,β-unsaturated/α-hetero) is 1. The van der Waals surface area contributed by atoms with Gasteiger partial charge in [0.15, 0.2) is 5.78 Å². The minimum Gasteiger partial charge on any atom is -0.478 e. The lowest BCUT2D eigenvalue weighted by Gasteiger charge is -2.30. The predicted molar refractivity (Wildman–Crippen MR) is 210 cm³/mol. The maximum Gasteiger partial charge on any atom is 0.335 e. The number of nitrogens with zero attached hydrogens (tertiary/aromatic N) is 3. The first kappa shape index (κ1) is 37.9. The number of aromatic nitrogens is 2. The molecule has 7 nitrogen and oxygen atoms in total. The molecule has 7 heteroatoms. The van der Waals surface area contributed by atoms with Crippen LogP contribution in [0.4, 0.5) is 0 Å². The molecule has 0 amide bonds. The van der Waals surface area contributed by atoms with Crippen LogP contribution in [-0.4, -0.2) is 45.3 Å². The van der Waals surface area contributed by atoms with Crippen LogP contribution in [0.1, 0.15) is 114 Å². The van der Waals surface area contributed by atoms with Crippen molar-refractivity contribution in [2.75, 3.05) is 13.2 Å². The Labute approximate surface area is 303 Å². The average Bonchev–Trinajstić information content (AvgIpc) is 3.34. The lowest BCUT2D eigenvalue weighted by atomic mass is 9.74. The summed E-state index contributed by atoms with van der Waals surface area (Å²) in [4.78, 5) is 36.1. The zero-order valence-corrected chi connectivity index (χ0v) is 31.3. The Bertz CT molecular complexity index is 1880. The fraction of sp³-hybridized carbons (Fsp3) is 0.455. The summed E-state index contributed by atoms with van der Waals surface area (Å²) in [6.07, 6.45) is 13.9. The normalized spacial score (nSPS) is 20.6. The second-order valence-electron chi connectivity index (χ2n) is 14.7. The number of benzene rings is 1. The minimum atomic E-state index is -1.04. The molecule has 3 aromatic rings. The fourth-order valence-corrected chi connectivity index (χ4v) is 8.16. The first-order chi connectivity index (χ1) is 24.5. The number of rotatable bonds is 12. The summed E-state index contributed by atoms with van der Waals surface area (Å²) < 4.78 is 7.86. The van der Waals surface area contributed by atoms with Gasteiger partial charge < -0.3 is 14.4 Å². The first-order valence-corrected chi connectivity index (χ1v) is 18.7. The number of carbonyl (C=O) groups excluding carboxylic acids is 1. The Balaban J connectivity index is 1.69. The van der Waals surface area contributed by atoms with Crippen LogP contribution in [0.15, 0.2) is 71.9 Å². The van der Waals surface area contributed by atoms with E-state index < -0.39 is 5.97 Å². The number of hydrogen-bond acceptors (Lipinski definition) is 5. The molecule has 0 spiro atoms. The number of ether oxygens (including phenoxy) is 1. The molecule has 3 heterocycles. The average molecular weight is 690 g/mol. The van der Waals surface area contributed by atoms with Gasteiger partial charge in [-0.25, -0.2) is 9.78 Å². The van der Waals surface area contributed by atoms with Gasteiger partial charge in [0.05, 0.1) is 29.0 Å². The topological polar surface area (TPSA) is 93.8 Å². The highest BCUT2D eigenvalue weighted by Crippen LogP contribution is 2.46. The third-order valence-electron chi connectivity index (χ3n) is 10.7.